The molecule has 1 aliphatic heterocycles. The Morgan fingerprint density at radius 3 is 2.32 bits per heavy atom. The number of piperazine rings is 1. The SMILES string of the molecule is Cc1cc(C)cc(C(=O)Nc2cc(C(=O)O)cnc2N2CCN(CCC3CC3)CC2)c1. The lowest BCUT2D eigenvalue weighted by molar-refractivity contribution is 0.0696. The maximum Gasteiger partial charge on any atom is 0.337 e. The zero-order valence-electron chi connectivity index (χ0n) is 18.2. The van der Waals surface area contributed by atoms with Gasteiger partial charge in [0.15, 0.2) is 5.82 Å². The van der Waals surface area contributed by atoms with E-state index in [1.807, 2.05) is 32.0 Å². The molecule has 2 aromatic rings. The summed E-state index contributed by atoms with van der Waals surface area (Å²) in [6.45, 7) is 8.53. The number of carboxylic acid groups (broad SMARTS) is 1. The molecule has 1 amide bonds. The van der Waals surface area contributed by atoms with Crippen LogP contribution >= 0.6 is 0 Å². The maximum absolute atomic E-state index is 12.9. The lowest BCUT2D eigenvalue weighted by Crippen LogP contribution is -2.47. The van der Waals surface area contributed by atoms with Crippen molar-refractivity contribution in [1.82, 2.24) is 9.88 Å². The quantitative estimate of drug-likeness (QED) is 0.710. The zero-order valence-corrected chi connectivity index (χ0v) is 18.2. The smallest absolute Gasteiger partial charge is 0.337 e. The van der Waals surface area contributed by atoms with E-state index >= 15 is 0 Å². The van der Waals surface area contributed by atoms with Gasteiger partial charge in [0.05, 0.1) is 11.3 Å². The fourth-order valence-electron chi connectivity index (χ4n) is 4.17. The molecule has 0 radical (unpaired) electrons. The van der Waals surface area contributed by atoms with E-state index in [4.69, 9.17) is 0 Å². The van der Waals surface area contributed by atoms with Gasteiger partial charge in [-0.3, -0.25) is 9.69 Å². The lowest BCUT2D eigenvalue weighted by atomic mass is 10.1. The van der Waals surface area contributed by atoms with Gasteiger partial charge in [0, 0.05) is 37.9 Å². The molecule has 1 aromatic carbocycles. The molecule has 0 bridgehead atoms. The van der Waals surface area contributed by atoms with Crippen molar-refractivity contribution in [2.45, 2.75) is 33.1 Å². The number of carbonyl (C=O) groups excluding carboxylic acids is 1. The summed E-state index contributed by atoms with van der Waals surface area (Å²) in [6, 6.07) is 7.17. The molecule has 1 saturated heterocycles. The fourth-order valence-corrected chi connectivity index (χ4v) is 4.17. The van der Waals surface area contributed by atoms with E-state index in [1.54, 1.807) is 0 Å². The molecular formula is C24H30N4O3. The zero-order chi connectivity index (χ0) is 22.0. The summed E-state index contributed by atoms with van der Waals surface area (Å²) in [5, 5.41) is 12.3. The third kappa shape index (κ3) is 5.41. The number of amides is 1. The van der Waals surface area contributed by atoms with Crippen LogP contribution < -0.4 is 10.2 Å². The van der Waals surface area contributed by atoms with Crippen molar-refractivity contribution in [1.29, 1.82) is 0 Å². The molecule has 2 aliphatic rings. The molecular weight excluding hydrogens is 392 g/mol. The molecule has 1 saturated carbocycles. The Hall–Kier alpha value is -2.93. The van der Waals surface area contributed by atoms with Crippen LogP contribution in [0, 0.1) is 19.8 Å². The van der Waals surface area contributed by atoms with Gasteiger partial charge in [-0.2, -0.15) is 0 Å². The Labute approximate surface area is 183 Å². The number of anilines is 2. The van der Waals surface area contributed by atoms with E-state index in [1.165, 1.54) is 31.5 Å². The predicted octanol–water partition coefficient (Wildman–Crippen LogP) is 3.57. The van der Waals surface area contributed by atoms with Crippen LogP contribution in [-0.2, 0) is 0 Å². The number of carbonyl (C=O) groups is 2. The van der Waals surface area contributed by atoms with Gasteiger partial charge < -0.3 is 15.3 Å². The summed E-state index contributed by atoms with van der Waals surface area (Å²) >= 11 is 0. The number of nitrogens with zero attached hydrogens (tertiary/aromatic N) is 3. The highest BCUT2D eigenvalue weighted by atomic mass is 16.4. The second-order valence-corrected chi connectivity index (χ2v) is 8.79. The summed E-state index contributed by atoms with van der Waals surface area (Å²) < 4.78 is 0. The number of aromatic nitrogens is 1. The summed E-state index contributed by atoms with van der Waals surface area (Å²) in [4.78, 5) is 33.5. The Kier molecular flexibility index (Phi) is 6.23. The van der Waals surface area contributed by atoms with Gasteiger partial charge in [-0.25, -0.2) is 9.78 Å². The molecule has 4 rings (SSSR count). The molecule has 1 aromatic heterocycles. The van der Waals surface area contributed by atoms with E-state index in [2.05, 4.69) is 20.1 Å². The lowest BCUT2D eigenvalue weighted by Gasteiger charge is -2.36. The highest BCUT2D eigenvalue weighted by molar-refractivity contribution is 6.06. The monoisotopic (exact) mass is 422 g/mol. The van der Waals surface area contributed by atoms with Crippen LogP contribution in [0.4, 0.5) is 11.5 Å². The van der Waals surface area contributed by atoms with Crippen LogP contribution in [0.25, 0.3) is 0 Å². The number of pyridine rings is 1. The summed E-state index contributed by atoms with van der Waals surface area (Å²) in [7, 11) is 0. The van der Waals surface area contributed by atoms with Gasteiger partial charge in [0.25, 0.3) is 5.91 Å². The number of aromatic carboxylic acids is 1. The van der Waals surface area contributed by atoms with E-state index in [0.717, 1.165) is 49.8 Å². The second-order valence-electron chi connectivity index (χ2n) is 8.79. The first-order valence-corrected chi connectivity index (χ1v) is 11.0. The molecule has 164 valence electrons. The van der Waals surface area contributed by atoms with E-state index in [9.17, 15) is 14.7 Å². The fraction of sp³-hybridized carbons (Fsp3) is 0.458. The minimum absolute atomic E-state index is 0.0579. The molecule has 1 aliphatic carbocycles. The standard InChI is InChI=1S/C24H30N4O3/c1-16-11-17(2)13-19(12-16)23(29)26-21-14-20(24(30)31)15-25-22(21)28-9-7-27(8-10-28)6-5-18-3-4-18/h11-15,18H,3-10H2,1-2H3,(H,26,29)(H,30,31). The average molecular weight is 423 g/mol. The first kappa shape index (κ1) is 21.3. The average Bonchev–Trinajstić information content (AvgIpc) is 3.56. The Morgan fingerprint density at radius 1 is 1.03 bits per heavy atom. The summed E-state index contributed by atoms with van der Waals surface area (Å²) in [6.07, 6.45) is 5.40. The number of carboxylic acids is 1. The molecule has 2 fully saturated rings. The minimum atomic E-state index is -1.06. The van der Waals surface area contributed by atoms with Crippen molar-refractivity contribution >= 4 is 23.4 Å². The summed E-state index contributed by atoms with van der Waals surface area (Å²) in [5.41, 5.74) is 3.06. The molecule has 7 nitrogen and oxygen atoms in total. The molecule has 2 heterocycles. The molecule has 2 N–H and O–H groups in total. The van der Waals surface area contributed by atoms with Crippen LogP contribution in [0.1, 0.15) is 51.1 Å². The Bertz CT molecular complexity index is 959. The van der Waals surface area contributed by atoms with Gasteiger partial charge in [-0.15, -0.1) is 0 Å². The first-order chi connectivity index (χ1) is 14.9. The van der Waals surface area contributed by atoms with Gasteiger partial charge in [-0.1, -0.05) is 30.0 Å². The molecule has 0 spiro atoms. The topological polar surface area (TPSA) is 85.8 Å². The number of benzene rings is 1. The third-order valence-electron chi connectivity index (χ3n) is 6.07. The highest BCUT2D eigenvalue weighted by Crippen LogP contribution is 2.33. The molecule has 0 unspecified atom stereocenters. The van der Waals surface area contributed by atoms with Gasteiger partial charge in [-0.05, 0) is 50.9 Å². The third-order valence-corrected chi connectivity index (χ3v) is 6.07. The second kappa shape index (κ2) is 9.06. The highest BCUT2D eigenvalue weighted by Gasteiger charge is 2.25. The van der Waals surface area contributed by atoms with Crippen molar-refractivity contribution in [3.63, 3.8) is 0 Å². The number of rotatable bonds is 7. The predicted molar refractivity (Wildman–Crippen MR) is 121 cm³/mol. The van der Waals surface area contributed by atoms with Gasteiger partial charge >= 0.3 is 5.97 Å². The molecule has 0 atom stereocenters. The normalized spacial score (nSPS) is 16.9. The van der Waals surface area contributed by atoms with Gasteiger partial charge in [0.1, 0.15) is 0 Å². The summed E-state index contributed by atoms with van der Waals surface area (Å²) in [5.74, 6) is 0.228. The Balaban J connectivity index is 1.51. The van der Waals surface area contributed by atoms with Crippen molar-refractivity contribution in [3.8, 4) is 0 Å². The van der Waals surface area contributed by atoms with Crippen molar-refractivity contribution in [2.24, 2.45) is 5.92 Å². The molecule has 7 heteroatoms. The Morgan fingerprint density at radius 2 is 1.71 bits per heavy atom. The van der Waals surface area contributed by atoms with Crippen LogP contribution in [0.5, 0.6) is 0 Å². The van der Waals surface area contributed by atoms with Crippen LogP contribution in [0.15, 0.2) is 30.5 Å². The number of hydrogen-bond donors (Lipinski definition) is 2. The first-order valence-electron chi connectivity index (χ1n) is 11.0. The van der Waals surface area contributed by atoms with Crippen molar-refractivity contribution in [2.75, 3.05) is 42.9 Å². The number of hydrogen-bond acceptors (Lipinski definition) is 5. The van der Waals surface area contributed by atoms with E-state index in [0.29, 0.717) is 17.1 Å². The van der Waals surface area contributed by atoms with Crippen LogP contribution in [-0.4, -0.2) is 59.6 Å². The van der Waals surface area contributed by atoms with Crippen LogP contribution in [0.2, 0.25) is 0 Å². The van der Waals surface area contributed by atoms with Crippen molar-refractivity contribution < 1.29 is 14.7 Å². The maximum atomic E-state index is 12.9. The number of aryl methyl sites for hydroxylation is 2. The minimum Gasteiger partial charge on any atom is -0.478 e. The number of nitrogens with one attached hydrogen (secondary N) is 1. The van der Waals surface area contributed by atoms with E-state index in [-0.39, 0.29) is 11.5 Å². The van der Waals surface area contributed by atoms with Crippen LogP contribution in [0.3, 0.4) is 0 Å². The van der Waals surface area contributed by atoms with Gasteiger partial charge in [0.2, 0.25) is 0 Å². The van der Waals surface area contributed by atoms with Crippen molar-refractivity contribution in [3.05, 3.63) is 52.7 Å². The molecule has 31 heavy (non-hydrogen) atoms. The largest absolute Gasteiger partial charge is 0.478 e. The van der Waals surface area contributed by atoms with E-state index < -0.39 is 5.97 Å².